The summed E-state index contributed by atoms with van der Waals surface area (Å²) in [7, 11) is -3.84. The van der Waals surface area contributed by atoms with Gasteiger partial charge in [-0.3, -0.25) is 4.79 Å². The van der Waals surface area contributed by atoms with E-state index in [-0.39, 0.29) is 22.9 Å². The van der Waals surface area contributed by atoms with Gasteiger partial charge in [0.25, 0.3) is 5.91 Å². The van der Waals surface area contributed by atoms with Gasteiger partial charge >= 0.3 is 0 Å². The number of carbonyl (C=O) groups excluding carboxylic acids is 1. The van der Waals surface area contributed by atoms with E-state index in [1.807, 2.05) is 0 Å². The van der Waals surface area contributed by atoms with Crippen molar-refractivity contribution in [1.29, 1.82) is 0 Å². The van der Waals surface area contributed by atoms with E-state index in [2.05, 4.69) is 15.2 Å². The van der Waals surface area contributed by atoms with Gasteiger partial charge in [0, 0.05) is 0 Å². The number of nitrogens with zero attached hydrogens (tertiary/aromatic N) is 1. The topological polar surface area (TPSA) is 111 Å². The molecule has 1 aromatic heterocycles. The van der Waals surface area contributed by atoms with Gasteiger partial charge in [0.1, 0.15) is 16.3 Å². The summed E-state index contributed by atoms with van der Waals surface area (Å²) < 4.78 is 37.4. The highest BCUT2D eigenvalue weighted by Gasteiger charge is 2.31. The molecule has 0 fully saturated rings. The molecule has 1 aliphatic heterocycles. The molecule has 0 radical (unpaired) electrons. The summed E-state index contributed by atoms with van der Waals surface area (Å²) in [5.74, 6) is 0.271. The Labute approximate surface area is 132 Å². The normalized spacial score (nSPS) is 17.3. The summed E-state index contributed by atoms with van der Waals surface area (Å²) in [5, 5.41) is 6.29. The van der Waals surface area contributed by atoms with Crippen LogP contribution in [0.15, 0.2) is 33.7 Å². The number of nitrogens with one attached hydrogen (secondary N) is 2. The van der Waals surface area contributed by atoms with E-state index >= 15 is 0 Å². The maximum atomic E-state index is 12.3. The van der Waals surface area contributed by atoms with E-state index in [1.165, 1.54) is 13.8 Å². The van der Waals surface area contributed by atoms with Crippen LogP contribution in [0.1, 0.15) is 11.5 Å². The monoisotopic (exact) mass is 337 g/mol. The predicted molar refractivity (Wildman–Crippen MR) is 80.7 cm³/mol. The number of para-hydroxylation sites is 2. The number of fused-ring (bicyclic) bond motifs is 1. The van der Waals surface area contributed by atoms with Crippen LogP contribution in [-0.2, 0) is 14.8 Å². The first-order valence-corrected chi connectivity index (χ1v) is 8.36. The minimum Gasteiger partial charge on any atom is -0.477 e. The van der Waals surface area contributed by atoms with Crippen molar-refractivity contribution in [3.8, 4) is 5.75 Å². The van der Waals surface area contributed by atoms with E-state index in [0.717, 1.165) is 0 Å². The van der Waals surface area contributed by atoms with Crippen molar-refractivity contribution in [2.45, 2.75) is 24.8 Å². The van der Waals surface area contributed by atoms with Crippen molar-refractivity contribution in [3.05, 3.63) is 35.7 Å². The van der Waals surface area contributed by atoms with E-state index in [1.54, 1.807) is 24.3 Å². The maximum Gasteiger partial charge on any atom is 0.266 e. The zero-order chi connectivity index (χ0) is 16.6. The molecule has 1 unspecified atom stereocenters. The zero-order valence-electron chi connectivity index (χ0n) is 12.5. The number of carbonyl (C=O) groups is 1. The van der Waals surface area contributed by atoms with Crippen LogP contribution in [0, 0.1) is 13.8 Å². The summed E-state index contributed by atoms with van der Waals surface area (Å²) in [6.07, 6.45) is -0.958. The van der Waals surface area contributed by atoms with Crippen molar-refractivity contribution >= 4 is 21.6 Å². The van der Waals surface area contributed by atoms with Gasteiger partial charge in [-0.2, -0.15) is 0 Å². The van der Waals surface area contributed by atoms with Crippen molar-refractivity contribution < 1.29 is 22.5 Å². The molecule has 2 N–H and O–H groups in total. The summed E-state index contributed by atoms with van der Waals surface area (Å²) in [5.41, 5.74) is 0.816. The number of aromatic nitrogens is 1. The highest BCUT2D eigenvalue weighted by molar-refractivity contribution is 7.89. The first-order chi connectivity index (χ1) is 10.9. The Kier molecular flexibility index (Phi) is 3.82. The number of anilines is 1. The lowest BCUT2D eigenvalue weighted by Crippen LogP contribution is -2.45. The minimum atomic E-state index is -3.84. The van der Waals surface area contributed by atoms with Crippen LogP contribution >= 0.6 is 0 Å². The number of benzene rings is 1. The summed E-state index contributed by atoms with van der Waals surface area (Å²) in [4.78, 5) is 12.0. The Morgan fingerprint density at radius 3 is 2.74 bits per heavy atom. The average molecular weight is 337 g/mol. The highest BCUT2D eigenvalue weighted by atomic mass is 32.2. The molecule has 2 aromatic rings. The third kappa shape index (κ3) is 2.92. The minimum absolute atomic E-state index is 0.0193. The van der Waals surface area contributed by atoms with Gasteiger partial charge in [0.05, 0.1) is 12.2 Å². The summed E-state index contributed by atoms with van der Waals surface area (Å²) >= 11 is 0. The fourth-order valence-electron chi connectivity index (χ4n) is 2.34. The predicted octanol–water partition coefficient (Wildman–Crippen LogP) is 0.969. The van der Waals surface area contributed by atoms with Crippen molar-refractivity contribution in [2.24, 2.45) is 0 Å². The lowest BCUT2D eigenvalue weighted by atomic mass is 10.2. The SMILES string of the molecule is Cc1noc(C)c1S(=O)(=O)NCC1Oc2ccccc2NC1=O. The fraction of sp³-hybridized carbons (Fsp3) is 0.286. The number of aryl methyl sites for hydroxylation is 2. The Balaban J connectivity index is 1.75. The lowest BCUT2D eigenvalue weighted by Gasteiger charge is -2.25. The molecule has 23 heavy (non-hydrogen) atoms. The number of ether oxygens (including phenoxy) is 1. The molecular weight excluding hydrogens is 322 g/mol. The number of rotatable bonds is 4. The second-order valence-corrected chi connectivity index (χ2v) is 6.80. The number of sulfonamides is 1. The van der Waals surface area contributed by atoms with Gasteiger partial charge in [-0.1, -0.05) is 17.3 Å². The molecular formula is C14H15N3O5S. The van der Waals surface area contributed by atoms with Crippen molar-refractivity contribution in [3.63, 3.8) is 0 Å². The number of hydrogen-bond donors (Lipinski definition) is 2. The van der Waals surface area contributed by atoms with Crippen molar-refractivity contribution in [1.82, 2.24) is 9.88 Å². The molecule has 3 rings (SSSR count). The Bertz CT molecular complexity index is 840. The molecule has 2 heterocycles. The molecule has 0 spiro atoms. The third-order valence-electron chi connectivity index (χ3n) is 3.40. The van der Waals surface area contributed by atoms with E-state index in [9.17, 15) is 13.2 Å². The molecule has 8 nitrogen and oxygen atoms in total. The maximum absolute atomic E-state index is 12.3. The first kappa shape index (κ1) is 15.5. The van der Waals surface area contributed by atoms with E-state index in [4.69, 9.17) is 9.26 Å². The van der Waals surface area contributed by atoms with Crippen LogP contribution in [0.25, 0.3) is 0 Å². The number of hydrogen-bond acceptors (Lipinski definition) is 6. The van der Waals surface area contributed by atoms with Crippen LogP contribution in [0.2, 0.25) is 0 Å². The zero-order valence-corrected chi connectivity index (χ0v) is 13.3. The number of amides is 1. The van der Waals surface area contributed by atoms with Crippen LogP contribution in [-0.4, -0.2) is 32.1 Å². The van der Waals surface area contributed by atoms with Gasteiger partial charge in [-0.05, 0) is 26.0 Å². The van der Waals surface area contributed by atoms with Crippen LogP contribution in [0.5, 0.6) is 5.75 Å². The molecule has 1 aromatic carbocycles. The van der Waals surface area contributed by atoms with Crippen LogP contribution in [0.4, 0.5) is 5.69 Å². The second kappa shape index (κ2) is 5.67. The quantitative estimate of drug-likeness (QED) is 0.860. The molecule has 0 saturated carbocycles. The Hall–Kier alpha value is -2.39. The van der Waals surface area contributed by atoms with Crippen molar-refractivity contribution in [2.75, 3.05) is 11.9 Å². The van der Waals surface area contributed by atoms with Crippen LogP contribution < -0.4 is 14.8 Å². The molecule has 0 aliphatic carbocycles. The summed E-state index contributed by atoms with van der Waals surface area (Å²) in [6, 6.07) is 6.94. The molecule has 122 valence electrons. The van der Waals surface area contributed by atoms with Gasteiger partial charge < -0.3 is 14.6 Å². The van der Waals surface area contributed by atoms with Gasteiger partial charge in [0.2, 0.25) is 10.0 Å². The highest BCUT2D eigenvalue weighted by Crippen LogP contribution is 2.28. The molecule has 9 heteroatoms. The van der Waals surface area contributed by atoms with Gasteiger partial charge in [-0.15, -0.1) is 0 Å². The Morgan fingerprint density at radius 1 is 1.30 bits per heavy atom. The fourth-order valence-corrected chi connectivity index (χ4v) is 3.70. The third-order valence-corrected chi connectivity index (χ3v) is 5.07. The smallest absolute Gasteiger partial charge is 0.266 e. The average Bonchev–Trinajstić information content (AvgIpc) is 2.85. The largest absolute Gasteiger partial charge is 0.477 e. The molecule has 1 atom stereocenters. The lowest BCUT2D eigenvalue weighted by molar-refractivity contribution is -0.123. The molecule has 0 saturated heterocycles. The Morgan fingerprint density at radius 2 is 2.04 bits per heavy atom. The van der Waals surface area contributed by atoms with E-state index < -0.39 is 22.0 Å². The standard InChI is InChI=1S/C14H15N3O5S/c1-8-13(9(2)22-17-8)23(19,20)15-7-12-14(18)16-10-5-3-4-6-11(10)21-12/h3-6,12,15H,7H2,1-2H3,(H,16,18). The van der Waals surface area contributed by atoms with Gasteiger partial charge in [0.15, 0.2) is 11.9 Å². The molecule has 1 aliphatic rings. The molecule has 1 amide bonds. The van der Waals surface area contributed by atoms with Crippen LogP contribution in [0.3, 0.4) is 0 Å². The second-order valence-electron chi connectivity index (χ2n) is 5.10. The van der Waals surface area contributed by atoms with E-state index in [0.29, 0.717) is 11.4 Å². The summed E-state index contributed by atoms with van der Waals surface area (Å²) in [6.45, 7) is 2.84. The van der Waals surface area contributed by atoms with Gasteiger partial charge in [-0.25, -0.2) is 13.1 Å². The first-order valence-electron chi connectivity index (χ1n) is 6.87. The molecule has 0 bridgehead atoms.